The molecule has 0 bridgehead atoms. The molecule has 1 amide bonds. The van der Waals surface area contributed by atoms with Gasteiger partial charge in [-0.25, -0.2) is 0 Å². The Balaban J connectivity index is 0.00000320. The van der Waals surface area contributed by atoms with Crippen LogP contribution in [0.5, 0.6) is 11.5 Å². The molecule has 1 heterocycles. The van der Waals surface area contributed by atoms with Crippen LogP contribution >= 0.6 is 24.0 Å². The highest BCUT2D eigenvalue weighted by atomic mass is 127. The summed E-state index contributed by atoms with van der Waals surface area (Å²) in [5.74, 6) is 2.11. The van der Waals surface area contributed by atoms with Crippen molar-refractivity contribution in [2.45, 2.75) is 19.3 Å². The molecule has 3 rings (SSSR count). The van der Waals surface area contributed by atoms with Crippen LogP contribution in [0.4, 0.5) is 11.4 Å². The van der Waals surface area contributed by atoms with Crippen molar-refractivity contribution >= 4 is 47.2 Å². The second kappa shape index (κ2) is 11.6. The van der Waals surface area contributed by atoms with Gasteiger partial charge in [-0.2, -0.15) is 0 Å². The summed E-state index contributed by atoms with van der Waals surface area (Å²) in [5, 5.41) is 6.46. The Kier molecular flexibility index (Phi) is 9.22. The lowest BCUT2D eigenvalue weighted by molar-refractivity contribution is -0.118. The number of hydrogen-bond acceptors (Lipinski definition) is 4. The molecule has 2 N–H and O–H groups in total. The Labute approximate surface area is 194 Å². The number of methoxy groups -OCH3 is 2. The molecule has 8 heteroatoms. The number of guanidine groups is 1. The van der Waals surface area contributed by atoms with E-state index in [1.54, 1.807) is 21.3 Å². The highest BCUT2D eigenvalue weighted by Gasteiger charge is 2.23. The van der Waals surface area contributed by atoms with Gasteiger partial charge in [0, 0.05) is 44.0 Å². The first-order chi connectivity index (χ1) is 14.2. The fourth-order valence-corrected chi connectivity index (χ4v) is 3.41. The maximum atomic E-state index is 12.6. The molecule has 0 aliphatic carbocycles. The fourth-order valence-electron chi connectivity index (χ4n) is 3.41. The van der Waals surface area contributed by atoms with Crippen LogP contribution in [0.1, 0.15) is 18.4 Å². The molecular formula is C22H29IN4O3. The molecule has 0 aromatic heterocycles. The Morgan fingerprint density at radius 3 is 2.63 bits per heavy atom. The van der Waals surface area contributed by atoms with E-state index in [-0.39, 0.29) is 29.9 Å². The second-order valence-corrected chi connectivity index (χ2v) is 6.72. The molecule has 0 spiro atoms. The van der Waals surface area contributed by atoms with Gasteiger partial charge in [-0.05, 0) is 36.6 Å². The van der Waals surface area contributed by atoms with Gasteiger partial charge in [0.05, 0.1) is 14.2 Å². The largest absolute Gasteiger partial charge is 0.493 e. The van der Waals surface area contributed by atoms with Crippen LogP contribution in [-0.4, -0.2) is 46.2 Å². The van der Waals surface area contributed by atoms with Gasteiger partial charge in [0.25, 0.3) is 0 Å². The van der Waals surface area contributed by atoms with Gasteiger partial charge < -0.3 is 25.0 Å². The van der Waals surface area contributed by atoms with E-state index in [1.165, 1.54) is 5.56 Å². The third-order valence-electron chi connectivity index (χ3n) is 4.92. The number of nitrogens with zero attached hydrogens (tertiary/aromatic N) is 2. The number of ether oxygens (including phenoxy) is 2. The zero-order valence-corrected chi connectivity index (χ0v) is 19.9. The van der Waals surface area contributed by atoms with E-state index in [0.29, 0.717) is 30.4 Å². The van der Waals surface area contributed by atoms with Gasteiger partial charge in [0.1, 0.15) is 0 Å². The number of para-hydroxylation sites is 1. The van der Waals surface area contributed by atoms with Crippen LogP contribution in [0.2, 0.25) is 0 Å². The zero-order valence-electron chi connectivity index (χ0n) is 17.6. The summed E-state index contributed by atoms with van der Waals surface area (Å²) in [5.41, 5.74) is 3.13. The molecule has 0 radical (unpaired) electrons. The summed E-state index contributed by atoms with van der Waals surface area (Å²) < 4.78 is 10.6. The van der Waals surface area contributed by atoms with Gasteiger partial charge in [-0.3, -0.25) is 9.79 Å². The molecule has 0 saturated carbocycles. The maximum absolute atomic E-state index is 12.6. The molecule has 162 valence electrons. The number of aliphatic imine (C=N–C) groups is 1. The standard InChI is InChI=1S/C22H28N4O3.HI/c1-23-22(25-17-10-11-19(28-2)20(15-17)29-3)24-13-6-9-21(27)26-14-12-16-7-4-5-8-18(16)26;/h4-5,7-8,10-11,15H,6,9,12-14H2,1-3H3,(H2,23,24,25);1H. The van der Waals surface area contributed by atoms with Crippen LogP contribution < -0.4 is 25.0 Å². The predicted molar refractivity (Wildman–Crippen MR) is 132 cm³/mol. The van der Waals surface area contributed by atoms with Crippen LogP contribution in [0.15, 0.2) is 47.5 Å². The minimum Gasteiger partial charge on any atom is -0.493 e. The van der Waals surface area contributed by atoms with E-state index in [1.807, 2.05) is 41.3 Å². The van der Waals surface area contributed by atoms with Crippen molar-refractivity contribution in [1.82, 2.24) is 5.32 Å². The average molecular weight is 524 g/mol. The van der Waals surface area contributed by atoms with Crippen molar-refractivity contribution in [2.24, 2.45) is 4.99 Å². The smallest absolute Gasteiger partial charge is 0.227 e. The zero-order chi connectivity index (χ0) is 20.6. The first-order valence-electron chi connectivity index (χ1n) is 9.74. The number of hydrogen-bond donors (Lipinski definition) is 2. The van der Waals surface area contributed by atoms with E-state index >= 15 is 0 Å². The second-order valence-electron chi connectivity index (χ2n) is 6.72. The minimum atomic E-state index is 0. The molecule has 1 aliphatic rings. The fraction of sp³-hybridized carbons (Fsp3) is 0.364. The number of halogens is 1. The Morgan fingerprint density at radius 2 is 1.90 bits per heavy atom. The lowest BCUT2D eigenvalue weighted by atomic mass is 10.2. The molecule has 0 saturated heterocycles. The summed E-state index contributed by atoms with van der Waals surface area (Å²) in [4.78, 5) is 18.7. The van der Waals surface area contributed by atoms with E-state index in [2.05, 4.69) is 21.7 Å². The number of fused-ring (bicyclic) bond motifs is 1. The Morgan fingerprint density at radius 1 is 1.13 bits per heavy atom. The first-order valence-corrected chi connectivity index (χ1v) is 9.74. The molecule has 7 nitrogen and oxygen atoms in total. The molecule has 2 aromatic carbocycles. The summed E-state index contributed by atoms with van der Waals surface area (Å²) in [7, 11) is 4.92. The quantitative estimate of drug-likeness (QED) is 0.250. The number of anilines is 2. The number of carbonyl (C=O) groups is 1. The maximum Gasteiger partial charge on any atom is 0.227 e. The van der Waals surface area contributed by atoms with E-state index < -0.39 is 0 Å². The van der Waals surface area contributed by atoms with Crippen molar-refractivity contribution in [1.29, 1.82) is 0 Å². The van der Waals surface area contributed by atoms with Crippen LogP contribution in [-0.2, 0) is 11.2 Å². The third-order valence-corrected chi connectivity index (χ3v) is 4.92. The lowest BCUT2D eigenvalue weighted by Crippen LogP contribution is -2.33. The summed E-state index contributed by atoms with van der Waals surface area (Å²) in [6.45, 7) is 1.42. The van der Waals surface area contributed by atoms with Gasteiger partial charge in [0.2, 0.25) is 5.91 Å². The Bertz CT molecular complexity index is 888. The highest BCUT2D eigenvalue weighted by molar-refractivity contribution is 14.0. The molecular weight excluding hydrogens is 495 g/mol. The van der Waals surface area contributed by atoms with Crippen molar-refractivity contribution in [2.75, 3.05) is 44.6 Å². The molecule has 0 atom stereocenters. The minimum absolute atomic E-state index is 0. The summed E-state index contributed by atoms with van der Waals surface area (Å²) >= 11 is 0. The monoisotopic (exact) mass is 524 g/mol. The number of nitrogens with one attached hydrogen (secondary N) is 2. The number of carbonyl (C=O) groups excluding carboxylic acids is 1. The average Bonchev–Trinajstić information content (AvgIpc) is 3.19. The van der Waals surface area contributed by atoms with Gasteiger partial charge in [0.15, 0.2) is 17.5 Å². The van der Waals surface area contributed by atoms with Gasteiger partial charge >= 0.3 is 0 Å². The topological polar surface area (TPSA) is 75.2 Å². The lowest BCUT2D eigenvalue weighted by Gasteiger charge is -2.18. The van der Waals surface area contributed by atoms with Crippen LogP contribution in [0, 0.1) is 0 Å². The van der Waals surface area contributed by atoms with Crippen LogP contribution in [0.3, 0.4) is 0 Å². The number of amides is 1. The molecule has 1 aliphatic heterocycles. The van der Waals surface area contributed by atoms with Gasteiger partial charge in [-0.15, -0.1) is 24.0 Å². The van der Waals surface area contributed by atoms with E-state index in [0.717, 1.165) is 30.8 Å². The normalized spacial score (nSPS) is 12.6. The van der Waals surface area contributed by atoms with Crippen LogP contribution in [0.25, 0.3) is 0 Å². The van der Waals surface area contributed by atoms with Crippen molar-refractivity contribution in [3.8, 4) is 11.5 Å². The molecule has 0 fully saturated rings. The molecule has 2 aromatic rings. The Hall–Kier alpha value is -2.49. The summed E-state index contributed by atoms with van der Waals surface area (Å²) in [6, 6.07) is 13.7. The van der Waals surface area contributed by atoms with E-state index in [9.17, 15) is 4.79 Å². The summed E-state index contributed by atoms with van der Waals surface area (Å²) in [6.07, 6.45) is 2.15. The molecule has 30 heavy (non-hydrogen) atoms. The number of rotatable bonds is 7. The van der Waals surface area contributed by atoms with Crippen molar-refractivity contribution in [3.05, 3.63) is 48.0 Å². The first kappa shape index (κ1) is 23.8. The van der Waals surface area contributed by atoms with Gasteiger partial charge in [-0.1, -0.05) is 18.2 Å². The third kappa shape index (κ3) is 5.78. The predicted octanol–water partition coefficient (Wildman–Crippen LogP) is 3.68. The highest BCUT2D eigenvalue weighted by Crippen LogP contribution is 2.30. The number of benzene rings is 2. The van der Waals surface area contributed by atoms with E-state index in [4.69, 9.17) is 9.47 Å². The molecule has 0 unspecified atom stereocenters. The SMILES string of the molecule is CN=C(NCCCC(=O)N1CCc2ccccc21)Nc1ccc(OC)c(OC)c1.I. The van der Waals surface area contributed by atoms with Crippen molar-refractivity contribution < 1.29 is 14.3 Å². The van der Waals surface area contributed by atoms with Crippen molar-refractivity contribution in [3.63, 3.8) is 0 Å².